The van der Waals surface area contributed by atoms with Gasteiger partial charge in [0.2, 0.25) is 0 Å². The standard InChI is InChI=1S/C13H27NO/c1-4-9-14-10-6-5-7-11-15-12-8-13(2)3/h14H,2,4-12H2,1,3H3. The molecule has 2 heteroatoms. The summed E-state index contributed by atoms with van der Waals surface area (Å²) in [7, 11) is 0. The minimum absolute atomic E-state index is 0.837. The predicted molar refractivity (Wildman–Crippen MR) is 67.3 cm³/mol. The van der Waals surface area contributed by atoms with Gasteiger partial charge in [0.05, 0.1) is 6.61 Å². The second kappa shape index (κ2) is 11.7. The summed E-state index contributed by atoms with van der Waals surface area (Å²) in [6, 6.07) is 0. The van der Waals surface area contributed by atoms with E-state index >= 15 is 0 Å². The number of hydrogen-bond donors (Lipinski definition) is 1. The molecule has 0 unspecified atom stereocenters. The zero-order valence-electron chi connectivity index (χ0n) is 10.5. The van der Waals surface area contributed by atoms with Crippen molar-refractivity contribution in [1.29, 1.82) is 0 Å². The highest BCUT2D eigenvalue weighted by Gasteiger charge is 1.91. The van der Waals surface area contributed by atoms with Crippen molar-refractivity contribution >= 4 is 0 Å². The molecule has 0 aliphatic rings. The highest BCUT2D eigenvalue weighted by Crippen LogP contribution is 1.98. The second-order valence-corrected chi connectivity index (χ2v) is 4.13. The molecule has 0 heterocycles. The van der Waals surface area contributed by atoms with Crippen molar-refractivity contribution in [2.24, 2.45) is 0 Å². The van der Waals surface area contributed by atoms with Crippen molar-refractivity contribution in [3.63, 3.8) is 0 Å². The summed E-state index contributed by atoms with van der Waals surface area (Å²) >= 11 is 0. The summed E-state index contributed by atoms with van der Waals surface area (Å²) in [4.78, 5) is 0. The maximum atomic E-state index is 5.49. The molecule has 0 atom stereocenters. The Labute approximate surface area is 95.1 Å². The molecule has 0 aromatic carbocycles. The molecular formula is C13H27NO. The number of nitrogens with one attached hydrogen (secondary N) is 1. The average Bonchev–Trinajstić information content (AvgIpc) is 2.20. The van der Waals surface area contributed by atoms with E-state index in [0.717, 1.165) is 32.7 Å². The average molecular weight is 213 g/mol. The maximum absolute atomic E-state index is 5.49. The van der Waals surface area contributed by atoms with Gasteiger partial charge < -0.3 is 10.1 Å². The van der Waals surface area contributed by atoms with E-state index in [1.54, 1.807) is 0 Å². The lowest BCUT2D eigenvalue weighted by atomic mass is 10.2. The van der Waals surface area contributed by atoms with Gasteiger partial charge in [0, 0.05) is 6.61 Å². The van der Waals surface area contributed by atoms with E-state index in [1.165, 1.54) is 31.3 Å². The summed E-state index contributed by atoms with van der Waals surface area (Å²) in [6.07, 6.45) is 5.94. The third kappa shape index (κ3) is 13.7. The van der Waals surface area contributed by atoms with Gasteiger partial charge in [-0.1, -0.05) is 12.5 Å². The molecule has 0 aliphatic heterocycles. The van der Waals surface area contributed by atoms with Crippen LogP contribution in [0.15, 0.2) is 12.2 Å². The molecule has 0 fully saturated rings. The van der Waals surface area contributed by atoms with Gasteiger partial charge in [-0.3, -0.25) is 0 Å². The van der Waals surface area contributed by atoms with Gasteiger partial charge >= 0.3 is 0 Å². The van der Waals surface area contributed by atoms with Gasteiger partial charge in [0.25, 0.3) is 0 Å². The lowest BCUT2D eigenvalue weighted by molar-refractivity contribution is 0.133. The summed E-state index contributed by atoms with van der Waals surface area (Å²) in [5, 5.41) is 3.40. The van der Waals surface area contributed by atoms with Crippen LogP contribution in [0.3, 0.4) is 0 Å². The van der Waals surface area contributed by atoms with E-state index in [-0.39, 0.29) is 0 Å². The fraction of sp³-hybridized carbons (Fsp3) is 0.846. The Kier molecular flexibility index (Phi) is 11.5. The summed E-state index contributed by atoms with van der Waals surface area (Å²) < 4.78 is 5.49. The second-order valence-electron chi connectivity index (χ2n) is 4.13. The molecule has 0 bridgehead atoms. The lowest BCUT2D eigenvalue weighted by Gasteiger charge is -2.04. The largest absolute Gasteiger partial charge is 0.381 e. The van der Waals surface area contributed by atoms with Gasteiger partial charge in [0.15, 0.2) is 0 Å². The Morgan fingerprint density at radius 3 is 2.60 bits per heavy atom. The number of unbranched alkanes of at least 4 members (excludes halogenated alkanes) is 2. The normalized spacial score (nSPS) is 10.5. The molecular weight excluding hydrogens is 186 g/mol. The third-order valence-corrected chi connectivity index (χ3v) is 2.24. The minimum atomic E-state index is 0.837. The van der Waals surface area contributed by atoms with Crippen molar-refractivity contribution in [3.8, 4) is 0 Å². The minimum Gasteiger partial charge on any atom is -0.381 e. The zero-order chi connectivity index (χ0) is 11.4. The van der Waals surface area contributed by atoms with Crippen molar-refractivity contribution in [2.75, 3.05) is 26.3 Å². The monoisotopic (exact) mass is 213 g/mol. The molecule has 90 valence electrons. The molecule has 0 radical (unpaired) electrons. The Morgan fingerprint density at radius 1 is 1.13 bits per heavy atom. The topological polar surface area (TPSA) is 21.3 Å². The molecule has 0 aromatic heterocycles. The molecule has 0 amide bonds. The molecule has 0 rings (SSSR count). The van der Waals surface area contributed by atoms with E-state index in [4.69, 9.17) is 4.74 Å². The van der Waals surface area contributed by atoms with Crippen LogP contribution >= 0.6 is 0 Å². The highest BCUT2D eigenvalue weighted by molar-refractivity contribution is 4.86. The number of ether oxygens (including phenoxy) is 1. The van der Waals surface area contributed by atoms with Gasteiger partial charge in [-0.25, -0.2) is 0 Å². The van der Waals surface area contributed by atoms with E-state index in [9.17, 15) is 0 Å². The Balaban J connectivity index is 2.89. The van der Waals surface area contributed by atoms with Gasteiger partial charge in [-0.15, -0.1) is 6.58 Å². The van der Waals surface area contributed by atoms with Crippen molar-refractivity contribution in [2.45, 2.75) is 46.0 Å². The smallest absolute Gasteiger partial charge is 0.0502 e. The summed E-state index contributed by atoms with van der Waals surface area (Å²) in [5.74, 6) is 0. The van der Waals surface area contributed by atoms with Crippen LogP contribution in [-0.2, 0) is 4.74 Å². The van der Waals surface area contributed by atoms with Crippen LogP contribution in [0.2, 0.25) is 0 Å². The molecule has 0 saturated heterocycles. The van der Waals surface area contributed by atoms with Crippen LogP contribution in [0.1, 0.15) is 46.0 Å². The molecule has 1 N–H and O–H groups in total. The molecule has 0 spiro atoms. The zero-order valence-corrected chi connectivity index (χ0v) is 10.5. The third-order valence-electron chi connectivity index (χ3n) is 2.24. The lowest BCUT2D eigenvalue weighted by Crippen LogP contribution is -2.15. The first-order chi connectivity index (χ1) is 7.27. The van der Waals surface area contributed by atoms with Crippen LogP contribution < -0.4 is 5.32 Å². The fourth-order valence-electron chi connectivity index (χ4n) is 1.28. The van der Waals surface area contributed by atoms with E-state index < -0.39 is 0 Å². The van der Waals surface area contributed by atoms with Gasteiger partial charge in [-0.05, 0) is 52.1 Å². The molecule has 2 nitrogen and oxygen atoms in total. The van der Waals surface area contributed by atoms with Crippen molar-refractivity contribution in [1.82, 2.24) is 5.32 Å². The quantitative estimate of drug-likeness (QED) is 0.420. The van der Waals surface area contributed by atoms with Gasteiger partial charge in [-0.2, -0.15) is 0 Å². The summed E-state index contributed by atoms with van der Waals surface area (Å²) in [6.45, 7) is 12.1. The maximum Gasteiger partial charge on any atom is 0.0502 e. The van der Waals surface area contributed by atoms with Crippen LogP contribution in [0.5, 0.6) is 0 Å². The Morgan fingerprint density at radius 2 is 1.93 bits per heavy atom. The van der Waals surface area contributed by atoms with E-state index in [0.29, 0.717) is 0 Å². The summed E-state index contributed by atoms with van der Waals surface area (Å²) in [5.41, 5.74) is 1.21. The van der Waals surface area contributed by atoms with Crippen molar-refractivity contribution < 1.29 is 4.74 Å². The van der Waals surface area contributed by atoms with Crippen LogP contribution in [-0.4, -0.2) is 26.3 Å². The highest BCUT2D eigenvalue weighted by atomic mass is 16.5. The fourth-order valence-corrected chi connectivity index (χ4v) is 1.28. The van der Waals surface area contributed by atoms with Crippen LogP contribution in [0, 0.1) is 0 Å². The number of hydrogen-bond acceptors (Lipinski definition) is 2. The SMILES string of the molecule is C=C(C)CCOCCCCCNCCC. The van der Waals surface area contributed by atoms with Crippen LogP contribution in [0.25, 0.3) is 0 Å². The molecule has 0 aliphatic carbocycles. The molecule has 15 heavy (non-hydrogen) atoms. The van der Waals surface area contributed by atoms with Crippen LogP contribution in [0.4, 0.5) is 0 Å². The van der Waals surface area contributed by atoms with Gasteiger partial charge in [0.1, 0.15) is 0 Å². The molecule has 0 aromatic rings. The first kappa shape index (κ1) is 14.7. The predicted octanol–water partition coefficient (Wildman–Crippen LogP) is 3.14. The first-order valence-corrected chi connectivity index (χ1v) is 6.20. The molecule has 0 saturated carbocycles. The Bertz CT molecular complexity index is 145. The Hall–Kier alpha value is -0.340. The number of rotatable bonds is 11. The van der Waals surface area contributed by atoms with Crippen molar-refractivity contribution in [3.05, 3.63) is 12.2 Å². The van der Waals surface area contributed by atoms with E-state index in [2.05, 4.69) is 18.8 Å². The van der Waals surface area contributed by atoms with E-state index in [1.807, 2.05) is 6.92 Å². The first-order valence-electron chi connectivity index (χ1n) is 6.20.